The first-order valence-corrected chi connectivity index (χ1v) is 6.95. The van der Waals surface area contributed by atoms with E-state index in [2.05, 4.69) is 42.3 Å². The number of hydrogen-bond acceptors (Lipinski definition) is 4. The molecule has 0 radical (unpaired) electrons. The van der Waals surface area contributed by atoms with Gasteiger partial charge in [0.05, 0.1) is 5.56 Å². The van der Waals surface area contributed by atoms with E-state index in [0.717, 1.165) is 22.5 Å². The largest absolute Gasteiger partial charge is 0.382 e. The zero-order valence-electron chi connectivity index (χ0n) is 11.1. The number of nitrogens with two attached hydrogens (primary N) is 1. The molecular formula is C14H19N3S. The van der Waals surface area contributed by atoms with Crippen LogP contribution in [0.1, 0.15) is 20.3 Å². The van der Waals surface area contributed by atoms with Gasteiger partial charge >= 0.3 is 0 Å². The number of hydrogen-bond donors (Lipinski definition) is 1. The van der Waals surface area contributed by atoms with Crippen LogP contribution in [-0.4, -0.2) is 17.5 Å². The van der Waals surface area contributed by atoms with Gasteiger partial charge in [0.2, 0.25) is 0 Å². The average molecular weight is 261 g/mol. The minimum absolute atomic E-state index is 0.479. The molecule has 2 N–H and O–H groups in total. The Kier molecular flexibility index (Phi) is 3.87. The zero-order chi connectivity index (χ0) is 13.1. The molecule has 1 unspecified atom stereocenters. The van der Waals surface area contributed by atoms with Crippen molar-refractivity contribution in [3.63, 3.8) is 0 Å². The topological polar surface area (TPSA) is 42.2 Å². The standard InChI is InChI=1S/C14H19N3S/c1-4-10(2)17(3)14-12(13(15)16-18-14)11-8-6-5-7-9-11/h5-10H,4H2,1-3H3,(H2,15,16). The van der Waals surface area contributed by atoms with Crippen molar-refractivity contribution >= 4 is 22.4 Å². The van der Waals surface area contributed by atoms with E-state index in [9.17, 15) is 0 Å². The number of rotatable bonds is 4. The minimum atomic E-state index is 0.479. The van der Waals surface area contributed by atoms with Gasteiger partial charge in [0, 0.05) is 13.1 Å². The molecule has 1 aromatic carbocycles. The van der Waals surface area contributed by atoms with Crippen LogP contribution < -0.4 is 10.6 Å². The van der Waals surface area contributed by atoms with Crippen LogP contribution in [0, 0.1) is 0 Å². The van der Waals surface area contributed by atoms with Gasteiger partial charge in [0.25, 0.3) is 0 Å². The van der Waals surface area contributed by atoms with Crippen LogP contribution in [0.25, 0.3) is 11.1 Å². The molecule has 0 spiro atoms. The zero-order valence-corrected chi connectivity index (χ0v) is 11.9. The highest BCUT2D eigenvalue weighted by atomic mass is 32.1. The van der Waals surface area contributed by atoms with E-state index in [1.165, 1.54) is 11.5 Å². The fraction of sp³-hybridized carbons (Fsp3) is 0.357. The van der Waals surface area contributed by atoms with E-state index >= 15 is 0 Å². The Bertz CT molecular complexity index is 507. The first-order valence-electron chi connectivity index (χ1n) is 6.18. The first-order chi connectivity index (χ1) is 8.65. The van der Waals surface area contributed by atoms with Gasteiger partial charge in [0.15, 0.2) is 0 Å². The van der Waals surface area contributed by atoms with E-state index in [1.54, 1.807) is 0 Å². The van der Waals surface area contributed by atoms with Gasteiger partial charge in [-0.25, -0.2) is 0 Å². The predicted octanol–water partition coefficient (Wildman–Crippen LogP) is 3.63. The number of nitrogen functional groups attached to an aromatic ring is 1. The Hall–Kier alpha value is -1.55. The van der Waals surface area contributed by atoms with Gasteiger partial charge in [-0.1, -0.05) is 37.3 Å². The molecule has 0 aliphatic carbocycles. The molecule has 3 nitrogen and oxygen atoms in total. The molecule has 0 saturated heterocycles. The highest BCUT2D eigenvalue weighted by Crippen LogP contribution is 2.39. The fourth-order valence-electron chi connectivity index (χ4n) is 1.88. The van der Waals surface area contributed by atoms with Crippen LogP contribution in [0.2, 0.25) is 0 Å². The summed E-state index contributed by atoms with van der Waals surface area (Å²) in [7, 11) is 2.10. The Morgan fingerprint density at radius 3 is 2.61 bits per heavy atom. The van der Waals surface area contributed by atoms with Crippen LogP contribution in [0.3, 0.4) is 0 Å². The van der Waals surface area contributed by atoms with Gasteiger partial charge in [-0.15, -0.1) is 0 Å². The molecule has 2 aromatic rings. The van der Waals surface area contributed by atoms with E-state index in [-0.39, 0.29) is 0 Å². The lowest BCUT2D eigenvalue weighted by Gasteiger charge is -2.25. The molecule has 0 amide bonds. The summed E-state index contributed by atoms with van der Waals surface area (Å²) in [6, 6.07) is 10.7. The Balaban J connectivity index is 2.45. The van der Waals surface area contributed by atoms with Gasteiger partial charge < -0.3 is 10.6 Å². The molecule has 0 fully saturated rings. The van der Waals surface area contributed by atoms with E-state index < -0.39 is 0 Å². The molecule has 4 heteroatoms. The predicted molar refractivity (Wildman–Crippen MR) is 80.1 cm³/mol. The Morgan fingerprint density at radius 1 is 1.33 bits per heavy atom. The maximum Gasteiger partial charge on any atom is 0.147 e. The average Bonchev–Trinajstić information content (AvgIpc) is 2.79. The molecular weight excluding hydrogens is 242 g/mol. The maximum absolute atomic E-state index is 6.03. The molecule has 18 heavy (non-hydrogen) atoms. The van der Waals surface area contributed by atoms with Crippen molar-refractivity contribution in [2.75, 3.05) is 17.7 Å². The molecule has 0 saturated carbocycles. The lowest BCUT2D eigenvalue weighted by atomic mass is 10.1. The summed E-state index contributed by atoms with van der Waals surface area (Å²) in [5.74, 6) is 0.622. The van der Waals surface area contributed by atoms with Gasteiger partial charge in [-0.3, -0.25) is 0 Å². The van der Waals surface area contributed by atoms with Crippen molar-refractivity contribution in [1.29, 1.82) is 0 Å². The van der Waals surface area contributed by atoms with Crippen LogP contribution in [0.5, 0.6) is 0 Å². The van der Waals surface area contributed by atoms with Crippen molar-refractivity contribution in [2.24, 2.45) is 0 Å². The second kappa shape index (κ2) is 5.40. The smallest absolute Gasteiger partial charge is 0.147 e. The summed E-state index contributed by atoms with van der Waals surface area (Å²) < 4.78 is 4.31. The normalized spacial score (nSPS) is 12.4. The summed E-state index contributed by atoms with van der Waals surface area (Å²) in [4.78, 5) is 2.26. The minimum Gasteiger partial charge on any atom is -0.382 e. The van der Waals surface area contributed by atoms with E-state index in [0.29, 0.717) is 11.9 Å². The van der Waals surface area contributed by atoms with Crippen molar-refractivity contribution in [3.05, 3.63) is 30.3 Å². The quantitative estimate of drug-likeness (QED) is 0.914. The number of aromatic nitrogens is 1. The monoisotopic (exact) mass is 261 g/mol. The van der Waals surface area contributed by atoms with E-state index in [1.807, 2.05) is 18.2 Å². The van der Waals surface area contributed by atoms with Crippen LogP contribution in [0.4, 0.5) is 10.8 Å². The van der Waals surface area contributed by atoms with Gasteiger partial charge in [0.1, 0.15) is 10.8 Å². The highest BCUT2D eigenvalue weighted by Gasteiger charge is 2.19. The third-order valence-electron chi connectivity index (χ3n) is 3.34. The molecule has 0 aliphatic rings. The second-order valence-corrected chi connectivity index (χ2v) is 5.23. The molecule has 96 valence electrons. The van der Waals surface area contributed by atoms with Crippen LogP contribution >= 0.6 is 11.5 Å². The molecule has 1 atom stereocenters. The van der Waals surface area contributed by atoms with Crippen molar-refractivity contribution < 1.29 is 0 Å². The molecule has 0 bridgehead atoms. The SMILES string of the molecule is CCC(C)N(C)c1snc(N)c1-c1ccccc1. The van der Waals surface area contributed by atoms with Crippen molar-refractivity contribution in [3.8, 4) is 11.1 Å². The van der Waals surface area contributed by atoms with E-state index in [4.69, 9.17) is 5.73 Å². The first kappa shape index (κ1) is 12.9. The number of benzene rings is 1. The summed E-state index contributed by atoms with van der Waals surface area (Å²) in [5.41, 5.74) is 8.22. The summed E-state index contributed by atoms with van der Waals surface area (Å²) >= 11 is 1.47. The van der Waals surface area contributed by atoms with Gasteiger partial charge in [-0.05, 0) is 30.4 Å². The number of nitrogens with zero attached hydrogens (tertiary/aromatic N) is 2. The summed E-state index contributed by atoms with van der Waals surface area (Å²) in [6.45, 7) is 4.40. The van der Waals surface area contributed by atoms with Crippen molar-refractivity contribution in [2.45, 2.75) is 26.3 Å². The van der Waals surface area contributed by atoms with Crippen molar-refractivity contribution in [1.82, 2.24) is 4.37 Å². The second-order valence-electron chi connectivity index (χ2n) is 4.48. The molecule has 1 heterocycles. The number of anilines is 2. The Morgan fingerprint density at radius 2 is 2.00 bits per heavy atom. The molecule has 1 aromatic heterocycles. The third-order valence-corrected chi connectivity index (χ3v) is 4.29. The third kappa shape index (κ3) is 2.34. The van der Waals surface area contributed by atoms with Gasteiger partial charge in [-0.2, -0.15) is 4.37 Å². The lowest BCUT2D eigenvalue weighted by molar-refractivity contribution is 0.668. The summed E-state index contributed by atoms with van der Waals surface area (Å²) in [6.07, 6.45) is 1.10. The lowest BCUT2D eigenvalue weighted by Crippen LogP contribution is -2.27. The Labute approximate surface area is 112 Å². The molecule has 2 rings (SSSR count). The summed E-state index contributed by atoms with van der Waals surface area (Å²) in [5, 5.41) is 1.15. The van der Waals surface area contributed by atoms with Crippen LogP contribution in [-0.2, 0) is 0 Å². The highest BCUT2D eigenvalue weighted by molar-refractivity contribution is 7.11. The fourth-order valence-corrected chi connectivity index (χ4v) is 2.78. The van der Waals surface area contributed by atoms with Crippen LogP contribution in [0.15, 0.2) is 30.3 Å². The molecule has 0 aliphatic heterocycles. The maximum atomic E-state index is 6.03.